The van der Waals surface area contributed by atoms with Crippen LogP contribution in [0.2, 0.25) is 0 Å². The van der Waals surface area contributed by atoms with Gasteiger partial charge in [-0.05, 0) is 46.9 Å². The van der Waals surface area contributed by atoms with E-state index in [-0.39, 0.29) is 24.0 Å². The molecule has 0 aromatic heterocycles. The highest BCUT2D eigenvalue weighted by Gasteiger charge is 2.35. The smallest absolute Gasteiger partial charge is 0.315 e. The Bertz CT molecular complexity index is 1370. The van der Waals surface area contributed by atoms with Crippen LogP contribution in [-0.4, -0.2) is 41.6 Å². The normalized spacial score (nSPS) is 21.8. The zero-order valence-corrected chi connectivity index (χ0v) is 21.5. The summed E-state index contributed by atoms with van der Waals surface area (Å²) in [5, 5.41) is 15.7. The molecule has 0 spiro atoms. The highest BCUT2D eigenvalue weighted by atomic mass is 35.5. The maximum Gasteiger partial charge on any atom is 0.315 e. The molecule has 3 aromatic carbocycles. The molecule has 1 heterocycles. The molecule has 1 saturated heterocycles. The Labute approximate surface area is 223 Å². The zero-order valence-electron chi connectivity index (χ0n) is 20.7. The highest BCUT2D eigenvalue weighted by Crippen LogP contribution is 2.36. The minimum Gasteiger partial charge on any atom is -0.481 e. The minimum atomic E-state index is -1.03. The van der Waals surface area contributed by atoms with Crippen LogP contribution in [0.4, 0.5) is 0 Å². The Kier molecular flexibility index (Phi) is 8.30. The van der Waals surface area contributed by atoms with E-state index in [9.17, 15) is 14.7 Å². The maximum atomic E-state index is 11.5. The van der Waals surface area contributed by atoms with Gasteiger partial charge in [-0.3, -0.25) is 4.79 Å². The van der Waals surface area contributed by atoms with Gasteiger partial charge in [0, 0.05) is 37.3 Å². The summed E-state index contributed by atoms with van der Waals surface area (Å²) in [6, 6.07) is 25.7. The number of carboxylic acid groups (broad SMARTS) is 1. The van der Waals surface area contributed by atoms with E-state index in [0.29, 0.717) is 11.8 Å². The summed E-state index contributed by atoms with van der Waals surface area (Å²) in [7, 11) is 0. The van der Waals surface area contributed by atoms with Crippen LogP contribution in [0.25, 0.3) is 10.8 Å². The molecule has 0 bridgehead atoms. The van der Waals surface area contributed by atoms with Crippen LogP contribution in [0.15, 0.2) is 102 Å². The molecule has 3 aromatic rings. The summed E-state index contributed by atoms with van der Waals surface area (Å²) >= 11 is 0. The van der Waals surface area contributed by atoms with Crippen LogP contribution < -0.4 is 5.32 Å². The molecule has 190 valence electrons. The van der Waals surface area contributed by atoms with Gasteiger partial charge >= 0.3 is 5.97 Å². The van der Waals surface area contributed by atoms with E-state index in [2.05, 4.69) is 83.9 Å². The minimum absolute atomic E-state index is 0. The second kappa shape index (κ2) is 11.6. The molecule has 5 nitrogen and oxygen atoms in total. The van der Waals surface area contributed by atoms with Crippen molar-refractivity contribution in [3.8, 4) is 0 Å². The average molecular weight is 515 g/mol. The number of nitrogens with one attached hydrogen (secondary N) is 1. The highest BCUT2D eigenvalue weighted by molar-refractivity contribution is 5.86. The number of carboxylic acids is 1. The SMILES string of the molecule is C[C@@H](NC[C@H]1CN(C2=CC(=C=O)C(C(=O)O)C=C2)C[C@@H]1c1ccccc1)c1cccc2ccccc12.Cl. The van der Waals surface area contributed by atoms with E-state index in [4.69, 9.17) is 0 Å². The number of fused-ring (bicyclic) bond motifs is 1. The van der Waals surface area contributed by atoms with Gasteiger partial charge in [-0.1, -0.05) is 78.9 Å². The summed E-state index contributed by atoms with van der Waals surface area (Å²) in [5.41, 5.74) is 3.62. The van der Waals surface area contributed by atoms with Crippen molar-refractivity contribution in [2.24, 2.45) is 11.8 Å². The quantitative estimate of drug-likeness (QED) is 0.405. The molecule has 2 N–H and O–H groups in total. The van der Waals surface area contributed by atoms with Gasteiger partial charge in [0.2, 0.25) is 0 Å². The van der Waals surface area contributed by atoms with E-state index >= 15 is 0 Å². The Morgan fingerprint density at radius 2 is 1.78 bits per heavy atom. The van der Waals surface area contributed by atoms with Gasteiger partial charge in [0.05, 0.1) is 5.57 Å². The van der Waals surface area contributed by atoms with Crippen LogP contribution in [0.5, 0.6) is 0 Å². The molecule has 1 aliphatic carbocycles. The fraction of sp³-hybridized carbons (Fsp3) is 0.258. The van der Waals surface area contributed by atoms with Gasteiger partial charge in [0.15, 0.2) is 0 Å². The van der Waals surface area contributed by atoms with Crippen LogP contribution >= 0.6 is 12.4 Å². The van der Waals surface area contributed by atoms with E-state index in [1.165, 1.54) is 21.9 Å². The number of hydrogen-bond acceptors (Lipinski definition) is 4. The molecule has 2 aliphatic rings. The van der Waals surface area contributed by atoms with Crippen molar-refractivity contribution in [2.45, 2.75) is 18.9 Å². The second-order valence-electron chi connectivity index (χ2n) is 9.68. The molecule has 0 radical (unpaired) electrons. The van der Waals surface area contributed by atoms with Crippen molar-refractivity contribution in [1.82, 2.24) is 10.2 Å². The largest absolute Gasteiger partial charge is 0.481 e. The fourth-order valence-electron chi connectivity index (χ4n) is 5.53. The molecule has 4 atom stereocenters. The third kappa shape index (κ3) is 5.55. The van der Waals surface area contributed by atoms with Gasteiger partial charge in [-0.15, -0.1) is 12.4 Å². The van der Waals surface area contributed by atoms with E-state index in [1.807, 2.05) is 18.1 Å². The lowest BCUT2D eigenvalue weighted by molar-refractivity contribution is -0.138. The van der Waals surface area contributed by atoms with Gasteiger partial charge in [-0.25, -0.2) is 4.79 Å². The zero-order chi connectivity index (χ0) is 25.1. The summed E-state index contributed by atoms with van der Waals surface area (Å²) in [6.45, 7) is 4.67. The molecular weight excluding hydrogens is 484 g/mol. The Morgan fingerprint density at radius 1 is 1.05 bits per heavy atom. The van der Waals surface area contributed by atoms with Crippen LogP contribution in [0, 0.1) is 11.8 Å². The lowest BCUT2D eigenvalue weighted by atomic mass is 9.88. The predicted molar refractivity (Wildman–Crippen MR) is 149 cm³/mol. The lowest BCUT2D eigenvalue weighted by Crippen LogP contribution is -2.30. The van der Waals surface area contributed by atoms with Gasteiger partial charge < -0.3 is 15.3 Å². The number of aliphatic carboxylic acids is 1. The molecular formula is C31H31ClN2O3. The number of likely N-dealkylation sites (tertiary alicyclic amines) is 1. The van der Waals surface area contributed by atoms with Crippen LogP contribution in [0.1, 0.15) is 30.0 Å². The van der Waals surface area contributed by atoms with Gasteiger partial charge in [0.25, 0.3) is 0 Å². The summed E-state index contributed by atoms with van der Waals surface area (Å²) < 4.78 is 0. The van der Waals surface area contributed by atoms with Crippen molar-refractivity contribution in [3.63, 3.8) is 0 Å². The van der Waals surface area contributed by atoms with Gasteiger partial charge in [-0.2, -0.15) is 0 Å². The number of carbonyl (C=O) groups excluding carboxylic acids is 1. The first kappa shape index (κ1) is 26.4. The van der Waals surface area contributed by atoms with Crippen molar-refractivity contribution in [3.05, 3.63) is 113 Å². The Balaban J connectivity index is 0.00000320. The van der Waals surface area contributed by atoms with Crippen molar-refractivity contribution >= 4 is 35.1 Å². The summed E-state index contributed by atoms with van der Waals surface area (Å²) in [4.78, 5) is 25.2. The fourth-order valence-corrected chi connectivity index (χ4v) is 5.53. The van der Waals surface area contributed by atoms with Crippen LogP contribution in [-0.2, 0) is 9.59 Å². The van der Waals surface area contributed by atoms with Crippen molar-refractivity contribution < 1.29 is 14.7 Å². The summed E-state index contributed by atoms with van der Waals surface area (Å²) in [5.74, 6) is 0.529. The number of rotatable bonds is 7. The topological polar surface area (TPSA) is 69.6 Å². The van der Waals surface area contributed by atoms with E-state index in [1.54, 1.807) is 12.2 Å². The van der Waals surface area contributed by atoms with E-state index in [0.717, 1.165) is 25.3 Å². The molecule has 0 amide bonds. The van der Waals surface area contributed by atoms with E-state index < -0.39 is 11.9 Å². The molecule has 5 rings (SSSR count). The lowest BCUT2D eigenvalue weighted by Gasteiger charge is -2.24. The third-order valence-corrected chi connectivity index (χ3v) is 7.49. The molecule has 37 heavy (non-hydrogen) atoms. The Hall–Kier alpha value is -3.63. The number of carbonyl (C=O) groups is 1. The predicted octanol–water partition coefficient (Wildman–Crippen LogP) is 5.54. The first-order chi connectivity index (χ1) is 17.5. The second-order valence-corrected chi connectivity index (χ2v) is 9.68. The molecule has 1 unspecified atom stereocenters. The number of halogens is 1. The first-order valence-electron chi connectivity index (χ1n) is 12.4. The summed E-state index contributed by atoms with van der Waals surface area (Å²) in [6.07, 6.45) is 5.10. The van der Waals surface area contributed by atoms with Crippen molar-refractivity contribution in [1.29, 1.82) is 0 Å². The standard InChI is InChI=1S/C31H30N2O3.ClH/c1-21(27-13-7-11-22-10-5-6-12-28(22)27)32-17-25-18-33(19-30(25)23-8-3-2-4-9-23)26-14-15-29(31(35)36)24(16-26)20-34;/h2-16,21,25,29-30,32H,17-19H2,1H3,(H,35,36);1H/t21-,25+,29?,30-;/m1./s1. The van der Waals surface area contributed by atoms with Gasteiger partial charge in [0.1, 0.15) is 11.9 Å². The number of hydrogen-bond donors (Lipinski definition) is 2. The molecule has 1 aliphatic heterocycles. The Morgan fingerprint density at radius 3 is 2.54 bits per heavy atom. The molecule has 1 fully saturated rings. The number of benzene rings is 3. The van der Waals surface area contributed by atoms with Crippen molar-refractivity contribution in [2.75, 3.05) is 19.6 Å². The van der Waals surface area contributed by atoms with Crippen LogP contribution in [0.3, 0.4) is 0 Å². The molecule has 0 saturated carbocycles. The third-order valence-electron chi connectivity index (χ3n) is 7.49. The number of nitrogens with zero attached hydrogens (tertiary/aromatic N) is 1. The molecule has 6 heteroatoms. The monoisotopic (exact) mass is 514 g/mol. The first-order valence-corrected chi connectivity index (χ1v) is 12.4. The average Bonchev–Trinajstić information content (AvgIpc) is 3.35. The maximum absolute atomic E-state index is 11.5. The number of allylic oxidation sites excluding steroid dienone is 2.